The van der Waals surface area contributed by atoms with Crippen molar-refractivity contribution in [2.75, 3.05) is 25.1 Å². The van der Waals surface area contributed by atoms with E-state index in [9.17, 15) is 5.11 Å². The van der Waals surface area contributed by atoms with Crippen LogP contribution in [0, 0.1) is 13.8 Å². The Morgan fingerprint density at radius 3 is 2.62 bits per heavy atom. The molecule has 1 aliphatic carbocycles. The summed E-state index contributed by atoms with van der Waals surface area (Å²) in [5, 5.41) is 13.2. The predicted molar refractivity (Wildman–Crippen MR) is 90.1 cm³/mol. The van der Waals surface area contributed by atoms with Crippen LogP contribution < -0.4 is 10.2 Å². The number of hydrogen-bond donors (Lipinski definition) is 2. The van der Waals surface area contributed by atoms with Crippen molar-refractivity contribution in [3.05, 3.63) is 29.3 Å². The average Bonchev–Trinajstić information content (AvgIpc) is 3.22. The Hall–Kier alpha value is -1.06. The van der Waals surface area contributed by atoms with Gasteiger partial charge >= 0.3 is 0 Å². The minimum atomic E-state index is -0.121. The van der Waals surface area contributed by atoms with E-state index >= 15 is 0 Å². The molecule has 0 spiro atoms. The topological polar surface area (TPSA) is 35.5 Å². The molecule has 1 unspecified atom stereocenters. The molecule has 0 saturated heterocycles. The fraction of sp³-hybridized carbons (Fsp3) is 0.667. The van der Waals surface area contributed by atoms with Crippen molar-refractivity contribution < 1.29 is 5.11 Å². The van der Waals surface area contributed by atoms with Gasteiger partial charge in [0, 0.05) is 30.9 Å². The monoisotopic (exact) mass is 290 g/mol. The molecule has 3 nitrogen and oxygen atoms in total. The zero-order valence-corrected chi connectivity index (χ0v) is 13.9. The first-order valence-electron chi connectivity index (χ1n) is 8.10. The summed E-state index contributed by atoms with van der Waals surface area (Å²) < 4.78 is 0. The van der Waals surface area contributed by atoms with Crippen molar-refractivity contribution in [2.24, 2.45) is 0 Å². The lowest BCUT2D eigenvalue weighted by atomic mass is 9.96. The van der Waals surface area contributed by atoms with E-state index in [0.29, 0.717) is 6.04 Å². The highest BCUT2D eigenvalue weighted by Crippen LogP contribution is 2.25. The third-order valence-corrected chi connectivity index (χ3v) is 4.46. The van der Waals surface area contributed by atoms with Gasteiger partial charge in [0.05, 0.1) is 6.61 Å². The van der Waals surface area contributed by atoms with Crippen LogP contribution in [-0.2, 0) is 0 Å². The third kappa shape index (κ3) is 4.72. The molecular weight excluding hydrogens is 260 g/mol. The molecular formula is C18H30N2O. The van der Waals surface area contributed by atoms with Gasteiger partial charge in [-0.2, -0.15) is 0 Å². The second-order valence-electron chi connectivity index (χ2n) is 6.95. The van der Waals surface area contributed by atoms with E-state index in [2.05, 4.69) is 56.2 Å². The number of aliphatic hydroxyl groups excluding tert-OH is 1. The molecule has 1 atom stereocenters. The summed E-state index contributed by atoms with van der Waals surface area (Å²) in [6, 6.07) is 7.25. The molecule has 1 saturated carbocycles. The van der Waals surface area contributed by atoms with Crippen molar-refractivity contribution in [3.63, 3.8) is 0 Å². The molecule has 0 radical (unpaired) electrons. The van der Waals surface area contributed by atoms with Crippen molar-refractivity contribution in [1.82, 2.24) is 5.32 Å². The number of nitrogens with zero attached hydrogens (tertiary/aromatic N) is 1. The van der Waals surface area contributed by atoms with Crippen LogP contribution in [0.3, 0.4) is 0 Å². The summed E-state index contributed by atoms with van der Waals surface area (Å²) in [4.78, 5) is 2.32. The quantitative estimate of drug-likeness (QED) is 0.772. The Kier molecular flexibility index (Phi) is 5.28. The lowest BCUT2D eigenvalue weighted by molar-refractivity contribution is 0.162. The maximum absolute atomic E-state index is 9.64. The van der Waals surface area contributed by atoms with Crippen LogP contribution in [0.4, 0.5) is 5.69 Å². The van der Waals surface area contributed by atoms with E-state index in [-0.39, 0.29) is 12.1 Å². The highest BCUT2D eigenvalue weighted by molar-refractivity contribution is 5.53. The highest BCUT2D eigenvalue weighted by Gasteiger charge is 2.31. The van der Waals surface area contributed by atoms with E-state index in [0.717, 1.165) is 19.4 Å². The zero-order chi connectivity index (χ0) is 15.5. The van der Waals surface area contributed by atoms with Gasteiger partial charge in [-0.3, -0.25) is 0 Å². The van der Waals surface area contributed by atoms with Crippen LogP contribution >= 0.6 is 0 Å². The van der Waals surface area contributed by atoms with Gasteiger partial charge in [-0.15, -0.1) is 0 Å². The summed E-state index contributed by atoms with van der Waals surface area (Å²) in [5.74, 6) is 0. The maximum Gasteiger partial charge on any atom is 0.0610 e. The molecule has 0 bridgehead atoms. The van der Waals surface area contributed by atoms with Crippen LogP contribution in [-0.4, -0.2) is 36.9 Å². The zero-order valence-electron chi connectivity index (χ0n) is 13.9. The molecule has 21 heavy (non-hydrogen) atoms. The standard InChI is InChI=1S/C18H30N2O/c1-14-6-9-17(15(2)12-14)20(4)11-5-10-18(3,13-21)19-16-7-8-16/h6,9,12,16,19,21H,5,7-8,10-11,13H2,1-4H3. The SMILES string of the molecule is Cc1ccc(N(C)CCCC(C)(CO)NC2CC2)c(C)c1. The second kappa shape index (κ2) is 6.80. The lowest BCUT2D eigenvalue weighted by Crippen LogP contribution is -2.47. The number of rotatable bonds is 8. The van der Waals surface area contributed by atoms with Crippen LogP contribution in [0.2, 0.25) is 0 Å². The molecule has 0 amide bonds. The van der Waals surface area contributed by atoms with Gasteiger partial charge in [-0.05, 0) is 58.1 Å². The fourth-order valence-electron chi connectivity index (χ4n) is 2.98. The molecule has 1 aromatic rings. The number of benzene rings is 1. The summed E-state index contributed by atoms with van der Waals surface area (Å²) in [7, 11) is 2.16. The van der Waals surface area contributed by atoms with Gasteiger partial charge in [0.1, 0.15) is 0 Å². The van der Waals surface area contributed by atoms with Crippen LogP contribution in [0.25, 0.3) is 0 Å². The first-order valence-corrected chi connectivity index (χ1v) is 8.10. The first-order chi connectivity index (χ1) is 9.93. The normalized spacial score (nSPS) is 17.6. The second-order valence-corrected chi connectivity index (χ2v) is 6.95. The number of aryl methyl sites for hydroxylation is 2. The van der Waals surface area contributed by atoms with E-state index in [1.54, 1.807) is 0 Å². The maximum atomic E-state index is 9.64. The van der Waals surface area contributed by atoms with E-state index in [4.69, 9.17) is 0 Å². The van der Waals surface area contributed by atoms with Gasteiger partial charge in [0.2, 0.25) is 0 Å². The third-order valence-electron chi connectivity index (χ3n) is 4.46. The predicted octanol–water partition coefficient (Wildman–Crippen LogP) is 3.02. The van der Waals surface area contributed by atoms with E-state index in [1.165, 1.54) is 29.7 Å². The van der Waals surface area contributed by atoms with Gasteiger partial charge < -0.3 is 15.3 Å². The Morgan fingerprint density at radius 2 is 2.05 bits per heavy atom. The Labute approximate surface area is 129 Å². The van der Waals surface area contributed by atoms with Crippen LogP contribution in [0.1, 0.15) is 43.7 Å². The summed E-state index contributed by atoms with van der Waals surface area (Å²) in [6.07, 6.45) is 4.62. The summed E-state index contributed by atoms with van der Waals surface area (Å²) in [5.41, 5.74) is 3.83. The first kappa shape index (κ1) is 16.3. The molecule has 2 rings (SSSR count). The van der Waals surface area contributed by atoms with Crippen LogP contribution in [0.5, 0.6) is 0 Å². The van der Waals surface area contributed by atoms with Crippen LogP contribution in [0.15, 0.2) is 18.2 Å². The largest absolute Gasteiger partial charge is 0.394 e. The molecule has 3 heteroatoms. The fourth-order valence-corrected chi connectivity index (χ4v) is 2.98. The minimum absolute atomic E-state index is 0.121. The summed E-state index contributed by atoms with van der Waals surface area (Å²) >= 11 is 0. The molecule has 1 aromatic carbocycles. The Balaban J connectivity index is 1.83. The van der Waals surface area contributed by atoms with E-state index in [1.807, 2.05) is 0 Å². The Bertz CT molecular complexity index is 470. The van der Waals surface area contributed by atoms with Crippen molar-refractivity contribution in [2.45, 2.75) is 58.0 Å². The van der Waals surface area contributed by atoms with E-state index < -0.39 is 0 Å². The Morgan fingerprint density at radius 1 is 1.33 bits per heavy atom. The number of aliphatic hydroxyl groups is 1. The molecule has 1 aliphatic rings. The van der Waals surface area contributed by atoms with Gasteiger partial charge in [0.25, 0.3) is 0 Å². The lowest BCUT2D eigenvalue weighted by Gasteiger charge is -2.30. The van der Waals surface area contributed by atoms with Gasteiger partial charge in [-0.1, -0.05) is 17.7 Å². The smallest absolute Gasteiger partial charge is 0.0610 e. The van der Waals surface area contributed by atoms with Gasteiger partial charge in [-0.25, -0.2) is 0 Å². The highest BCUT2D eigenvalue weighted by atomic mass is 16.3. The molecule has 0 heterocycles. The van der Waals surface area contributed by atoms with Gasteiger partial charge in [0.15, 0.2) is 0 Å². The number of anilines is 1. The van der Waals surface area contributed by atoms with Crippen molar-refractivity contribution in [1.29, 1.82) is 0 Å². The van der Waals surface area contributed by atoms with Crippen molar-refractivity contribution >= 4 is 5.69 Å². The number of hydrogen-bond acceptors (Lipinski definition) is 3. The molecule has 1 fully saturated rings. The molecule has 0 aromatic heterocycles. The number of nitrogens with one attached hydrogen (secondary N) is 1. The molecule has 2 N–H and O–H groups in total. The average molecular weight is 290 g/mol. The summed E-state index contributed by atoms with van der Waals surface area (Å²) in [6.45, 7) is 7.68. The molecule has 0 aliphatic heterocycles. The van der Waals surface area contributed by atoms with Crippen molar-refractivity contribution in [3.8, 4) is 0 Å². The minimum Gasteiger partial charge on any atom is -0.394 e. The molecule has 118 valence electrons.